The van der Waals surface area contributed by atoms with Gasteiger partial charge in [-0.05, 0) is 47.8 Å². The Bertz CT molecular complexity index is 531. The molecule has 5 heteroatoms. The van der Waals surface area contributed by atoms with Crippen molar-refractivity contribution in [2.24, 2.45) is 0 Å². The Morgan fingerprint density at radius 3 is 2.71 bits per heavy atom. The largest absolute Gasteiger partial charge is 0.434 e. The third kappa shape index (κ3) is 4.79. The summed E-state index contributed by atoms with van der Waals surface area (Å²) in [6.07, 6.45) is 1.74. The van der Waals surface area contributed by atoms with Gasteiger partial charge in [-0.15, -0.1) is 0 Å². The molecule has 1 unspecified atom stereocenters. The number of nitrogens with one attached hydrogen (secondary N) is 1. The van der Waals surface area contributed by atoms with Gasteiger partial charge in [-0.3, -0.25) is 0 Å². The molecule has 0 radical (unpaired) electrons. The van der Waals surface area contributed by atoms with Gasteiger partial charge in [0.1, 0.15) is 5.75 Å². The standard InChI is InChI=1S/C16H19F2NOS/c1-2-8-19-14(10-12-7-9-21-11-12)13-5-3-4-6-15(13)20-16(17)18/h3-7,9,11,14,16,19H,2,8,10H2,1H3. The number of benzene rings is 1. The predicted molar refractivity (Wildman–Crippen MR) is 82.1 cm³/mol. The van der Waals surface area contributed by atoms with Crippen LogP contribution in [-0.2, 0) is 6.42 Å². The van der Waals surface area contributed by atoms with Crippen LogP contribution in [0.25, 0.3) is 0 Å². The van der Waals surface area contributed by atoms with E-state index < -0.39 is 6.61 Å². The molecule has 0 spiro atoms. The second-order valence-electron chi connectivity index (χ2n) is 4.76. The highest BCUT2D eigenvalue weighted by atomic mass is 32.1. The number of ether oxygens (including phenoxy) is 1. The highest BCUT2D eigenvalue weighted by Crippen LogP contribution is 2.29. The van der Waals surface area contributed by atoms with Crippen LogP contribution in [0.4, 0.5) is 8.78 Å². The molecule has 0 fully saturated rings. The minimum atomic E-state index is -2.81. The molecule has 1 N–H and O–H groups in total. The van der Waals surface area contributed by atoms with Gasteiger partial charge in [-0.25, -0.2) is 0 Å². The van der Waals surface area contributed by atoms with Crippen molar-refractivity contribution in [3.8, 4) is 5.75 Å². The van der Waals surface area contributed by atoms with E-state index in [1.807, 2.05) is 17.5 Å². The summed E-state index contributed by atoms with van der Waals surface area (Å²) in [5.74, 6) is 0.247. The first-order valence-electron chi connectivity index (χ1n) is 6.99. The maximum atomic E-state index is 12.6. The van der Waals surface area contributed by atoms with Gasteiger partial charge in [0.15, 0.2) is 0 Å². The topological polar surface area (TPSA) is 21.3 Å². The monoisotopic (exact) mass is 311 g/mol. The number of thiophene rings is 1. The SMILES string of the molecule is CCCNC(Cc1ccsc1)c1ccccc1OC(F)F. The van der Waals surface area contributed by atoms with Gasteiger partial charge in [0.2, 0.25) is 0 Å². The van der Waals surface area contributed by atoms with Crippen LogP contribution in [0, 0.1) is 0 Å². The summed E-state index contributed by atoms with van der Waals surface area (Å²) >= 11 is 1.64. The second kappa shape index (κ2) is 8.10. The Hall–Kier alpha value is -1.46. The van der Waals surface area contributed by atoms with Crippen molar-refractivity contribution in [2.45, 2.75) is 32.4 Å². The van der Waals surface area contributed by atoms with E-state index >= 15 is 0 Å². The summed E-state index contributed by atoms with van der Waals surface area (Å²) in [6, 6.07) is 9.02. The number of halogens is 2. The highest BCUT2D eigenvalue weighted by Gasteiger charge is 2.18. The third-order valence-corrected chi connectivity index (χ3v) is 3.90. The van der Waals surface area contributed by atoms with Crippen LogP contribution in [0.1, 0.15) is 30.5 Å². The average molecular weight is 311 g/mol. The van der Waals surface area contributed by atoms with Crippen molar-refractivity contribution in [2.75, 3.05) is 6.54 Å². The minimum Gasteiger partial charge on any atom is -0.434 e. The second-order valence-corrected chi connectivity index (χ2v) is 5.54. The van der Waals surface area contributed by atoms with E-state index in [0.29, 0.717) is 0 Å². The maximum Gasteiger partial charge on any atom is 0.387 e. The van der Waals surface area contributed by atoms with E-state index in [4.69, 9.17) is 0 Å². The molecule has 1 aromatic heterocycles. The predicted octanol–water partition coefficient (Wildman–Crippen LogP) is 4.63. The van der Waals surface area contributed by atoms with Crippen LogP contribution in [0.5, 0.6) is 5.75 Å². The Morgan fingerprint density at radius 2 is 2.05 bits per heavy atom. The van der Waals surface area contributed by atoms with Crippen LogP contribution in [0.2, 0.25) is 0 Å². The van der Waals surface area contributed by atoms with Gasteiger partial charge >= 0.3 is 6.61 Å². The molecule has 0 bridgehead atoms. The fourth-order valence-electron chi connectivity index (χ4n) is 2.23. The fraction of sp³-hybridized carbons (Fsp3) is 0.375. The lowest BCUT2D eigenvalue weighted by Crippen LogP contribution is -2.24. The summed E-state index contributed by atoms with van der Waals surface area (Å²) in [5, 5.41) is 7.52. The number of rotatable bonds is 8. The zero-order chi connectivity index (χ0) is 15.1. The number of para-hydroxylation sites is 1. The molecule has 2 rings (SSSR count). The van der Waals surface area contributed by atoms with E-state index in [1.54, 1.807) is 23.5 Å². The van der Waals surface area contributed by atoms with Gasteiger partial charge in [0.25, 0.3) is 0 Å². The molecule has 0 amide bonds. The van der Waals surface area contributed by atoms with Crippen LogP contribution >= 0.6 is 11.3 Å². The number of alkyl halides is 2. The first-order valence-corrected chi connectivity index (χ1v) is 7.93. The summed E-state index contributed by atoms with van der Waals surface area (Å²) < 4.78 is 29.8. The third-order valence-electron chi connectivity index (χ3n) is 3.17. The molecule has 0 saturated heterocycles. The molecule has 114 valence electrons. The number of hydrogen-bond donors (Lipinski definition) is 1. The summed E-state index contributed by atoms with van der Waals surface area (Å²) in [5.41, 5.74) is 1.97. The summed E-state index contributed by atoms with van der Waals surface area (Å²) in [6.45, 7) is 0.104. The molecule has 0 aliphatic carbocycles. The average Bonchev–Trinajstić information content (AvgIpc) is 2.96. The summed E-state index contributed by atoms with van der Waals surface area (Å²) in [4.78, 5) is 0. The number of hydrogen-bond acceptors (Lipinski definition) is 3. The normalized spacial score (nSPS) is 12.6. The van der Waals surface area contributed by atoms with E-state index in [1.165, 1.54) is 5.56 Å². The maximum absolute atomic E-state index is 12.6. The van der Waals surface area contributed by atoms with E-state index in [9.17, 15) is 8.78 Å². The van der Waals surface area contributed by atoms with Crippen molar-refractivity contribution in [1.29, 1.82) is 0 Å². The molecule has 2 aromatic rings. The smallest absolute Gasteiger partial charge is 0.387 e. The first-order chi connectivity index (χ1) is 10.2. The van der Waals surface area contributed by atoms with Crippen molar-refractivity contribution in [3.63, 3.8) is 0 Å². The van der Waals surface area contributed by atoms with Crippen LogP contribution in [0.3, 0.4) is 0 Å². The minimum absolute atomic E-state index is 0.0329. The van der Waals surface area contributed by atoms with E-state index in [-0.39, 0.29) is 11.8 Å². The van der Waals surface area contributed by atoms with E-state index in [2.05, 4.69) is 28.4 Å². The molecule has 2 nitrogen and oxygen atoms in total. The quantitative estimate of drug-likeness (QED) is 0.767. The highest BCUT2D eigenvalue weighted by molar-refractivity contribution is 7.07. The van der Waals surface area contributed by atoms with Crippen LogP contribution in [0.15, 0.2) is 41.1 Å². The van der Waals surface area contributed by atoms with Crippen LogP contribution in [-0.4, -0.2) is 13.2 Å². The Kier molecular flexibility index (Phi) is 6.14. The van der Waals surface area contributed by atoms with E-state index in [0.717, 1.165) is 24.9 Å². The Labute approximate surface area is 127 Å². The first kappa shape index (κ1) is 15.9. The van der Waals surface area contributed by atoms with Gasteiger partial charge in [0.05, 0.1) is 0 Å². The molecular weight excluding hydrogens is 292 g/mol. The molecular formula is C16H19F2NOS. The Morgan fingerprint density at radius 1 is 1.24 bits per heavy atom. The van der Waals surface area contributed by atoms with Crippen molar-refractivity contribution in [3.05, 3.63) is 52.2 Å². The molecule has 0 aliphatic heterocycles. The van der Waals surface area contributed by atoms with Gasteiger partial charge in [-0.2, -0.15) is 20.1 Å². The lowest BCUT2D eigenvalue weighted by atomic mass is 9.99. The lowest BCUT2D eigenvalue weighted by molar-refractivity contribution is -0.0507. The van der Waals surface area contributed by atoms with Gasteiger partial charge in [0, 0.05) is 11.6 Å². The molecule has 0 aliphatic rings. The zero-order valence-corrected chi connectivity index (χ0v) is 12.7. The molecule has 1 aromatic carbocycles. The summed E-state index contributed by atoms with van der Waals surface area (Å²) in [7, 11) is 0. The Balaban J connectivity index is 2.22. The molecule has 1 atom stereocenters. The van der Waals surface area contributed by atoms with Crippen molar-refractivity contribution in [1.82, 2.24) is 5.32 Å². The van der Waals surface area contributed by atoms with Gasteiger partial charge in [-0.1, -0.05) is 25.1 Å². The molecule has 1 heterocycles. The van der Waals surface area contributed by atoms with Crippen molar-refractivity contribution >= 4 is 11.3 Å². The lowest BCUT2D eigenvalue weighted by Gasteiger charge is -2.21. The fourth-order valence-corrected chi connectivity index (χ4v) is 2.91. The van der Waals surface area contributed by atoms with Gasteiger partial charge < -0.3 is 10.1 Å². The zero-order valence-electron chi connectivity index (χ0n) is 11.9. The van der Waals surface area contributed by atoms with Crippen LogP contribution < -0.4 is 10.1 Å². The van der Waals surface area contributed by atoms with Crippen molar-refractivity contribution < 1.29 is 13.5 Å². The molecule has 21 heavy (non-hydrogen) atoms. The molecule has 0 saturated carbocycles.